The molecule has 1 saturated heterocycles. The number of hydrogen-bond acceptors (Lipinski definition) is 1. The van der Waals surface area contributed by atoms with Crippen molar-refractivity contribution in [3.8, 4) is 0 Å². The van der Waals surface area contributed by atoms with Gasteiger partial charge in [-0.1, -0.05) is 0 Å². The first kappa shape index (κ1) is 10.8. The van der Waals surface area contributed by atoms with E-state index in [-0.39, 0.29) is 0 Å². The topological polar surface area (TPSA) is 6.48 Å². The highest BCUT2D eigenvalue weighted by molar-refractivity contribution is 7.80. The van der Waals surface area contributed by atoms with Gasteiger partial charge in [-0.3, -0.25) is 0 Å². The second kappa shape index (κ2) is 4.52. The number of hydrogen-bond donors (Lipinski definition) is 0. The Morgan fingerprint density at radius 3 is 1.50 bits per heavy atom. The minimum atomic E-state index is 0.900. The monoisotopic (exact) mass is 228 g/mol. The summed E-state index contributed by atoms with van der Waals surface area (Å²) in [7, 11) is 0. The van der Waals surface area contributed by atoms with Crippen LogP contribution in [-0.4, -0.2) is 28.0 Å². The molecule has 1 aliphatic heterocycles. The van der Waals surface area contributed by atoms with Crippen molar-refractivity contribution in [2.24, 2.45) is 0 Å². The summed E-state index contributed by atoms with van der Waals surface area (Å²) >= 11 is 5.51. The minimum Gasteiger partial charge on any atom is -0.339 e. The molecule has 0 aromatic rings. The SMILES string of the molecule is S=C1N([C]2[CH][CH][CH][CH]2)CCN1[C]1[CH][CH][CH][CH]1. The Morgan fingerprint density at radius 1 is 0.750 bits per heavy atom. The Morgan fingerprint density at radius 2 is 1.12 bits per heavy atom. The fraction of sp³-hybridized carbons (Fsp3) is 0.154. The molecule has 3 fully saturated rings. The maximum atomic E-state index is 5.51. The van der Waals surface area contributed by atoms with E-state index in [4.69, 9.17) is 12.2 Å². The molecule has 0 amide bonds. The normalized spacial score (nSPS) is 28.6. The Labute approximate surface area is 104 Å². The van der Waals surface area contributed by atoms with Gasteiger partial charge < -0.3 is 9.80 Å². The van der Waals surface area contributed by atoms with Crippen LogP contribution in [0.3, 0.4) is 0 Å². The highest BCUT2D eigenvalue weighted by atomic mass is 32.1. The molecule has 16 heavy (non-hydrogen) atoms. The van der Waals surface area contributed by atoms with Gasteiger partial charge in [-0.25, -0.2) is 0 Å². The molecule has 0 bridgehead atoms. The first-order valence-electron chi connectivity index (χ1n) is 5.39. The van der Waals surface area contributed by atoms with Gasteiger partial charge in [-0.05, 0) is 63.6 Å². The van der Waals surface area contributed by atoms with E-state index < -0.39 is 0 Å². The van der Waals surface area contributed by atoms with E-state index in [9.17, 15) is 0 Å². The molecule has 0 aromatic heterocycles. The van der Waals surface area contributed by atoms with Gasteiger partial charge in [0.1, 0.15) is 0 Å². The predicted octanol–water partition coefficient (Wildman–Crippen LogP) is 1.61. The third kappa shape index (κ3) is 1.83. The zero-order valence-electron chi connectivity index (χ0n) is 8.84. The Hall–Kier alpha value is -0.310. The molecule has 0 spiro atoms. The van der Waals surface area contributed by atoms with Gasteiger partial charge >= 0.3 is 0 Å². The molecule has 0 unspecified atom stereocenters. The van der Waals surface area contributed by atoms with Crippen LogP contribution in [-0.2, 0) is 0 Å². The lowest BCUT2D eigenvalue weighted by Gasteiger charge is -2.28. The number of thiocarbonyl (C=S) groups is 1. The number of nitrogens with zero attached hydrogens (tertiary/aromatic N) is 2. The van der Waals surface area contributed by atoms with Gasteiger partial charge in [0.05, 0.1) is 12.1 Å². The zero-order chi connectivity index (χ0) is 11.0. The van der Waals surface area contributed by atoms with E-state index in [2.05, 4.69) is 35.5 Å². The van der Waals surface area contributed by atoms with Crippen molar-refractivity contribution < 1.29 is 0 Å². The van der Waals surface area contributed by atoms with Gasteiger partial charge in [0.2, 0.25) is 0 Å². The lowest BCUT2D eigenvalue weighted by Crippen LogP contribution is -2.35. The molecule has 0 aromatic carbocycles. The molecule has 0 atom stereocenters. The van der Waals surface area contributed by atoms with Crippen LogP contribution in [0.25, 0.3) is 0 Å². The quantitative estimate of drug-likeness (QED) is 0.663. The maximum absolute atomic E-state index is 5.51. The van der Waals surface area contributed by atoms with Gasteiger partial charge in [0.25, 0.3) is 0 Å². The van der Waals surface area contributed by atoms with Crippen LogP contribution >= 0.6 is 12.2 Å². The van der Waals surface area contributed by atoms with Gasteiger partial charge in [-0.2, -0.15) is 0 Å². The van der Waals surface area contributed by atoms with Crippen molar-refractivity contribution in [2.45, 2.75) is 0 Å². The third-order valence-corrected chi connectivity index (χ3v) is 3.36. The van der Waals surface area contributed by atoms with Crippen LogP contribution in [0.15, 0.2) is 0 Å². The summed E-state index contributed by atoms with van der Waals surface area (Å²) < 4.78 is 0. The van der Waals surface area contributed by atoms with Crippen molar-refractivity contribution >= 4 is 17.3 Å². The molecular weight excluding hydrogens is 216 g/mol. The van der Waals surface area contributed by atoms with Crippen LogP contribution in [0.1, 0.15) is 0 Å². The van der Waals surface area contributed by atoms with Crippen molar-refractivity contribution in [2.75, 3.05) is 13.1 Å². The molecule has 3 aliphatic rings. The van der Waals surface area contributed by atoms with E-state index in [1.54, 1.807) is 0 Å². The third-order valence-electron chi connectivity index (χ3n) is 2.92. The summed E-state index contributed by atoms with van der Waals surface area (Å²) in [5.74, 6) is 0. The van der Waals surface area contributed by atoms with E-state index >= 15 is 0 Å². The number of rotatable bonds is 2. The van der Waals surface area contributed by atoms with Crippen LogP contribution < -0.4 is 0 Å². The average Bonchev–Trinajstić information content (AvgIpc) is 2.96. The van der Waals surface area contributed by atoms with Gasteiger partial charge in [-0.15, -0.1) is 0 Å². The molecule has 1 heterocycles. The smallest absolute Gasteiger partial charge is 0.172 e. The van der Waals surface area contributed by atoms with Crippen molar-refractivity contribution in [3.05, 3.63) is 63.5 Å². The first-order chi connectivity index (χ1) is 7.86. The average molecular weight is 228 g/mol. The summed E-state index contributed by atoms with van der Waals surface area (Å²) in [5, 5.41) is 0.900. The molecule has 0 N–H and O–H groups in total. The molecular formula is C13H12N2S. The van der Waals surface area contributed by atoms with E-state index in [0.29, 0.717) is 0 Å². The Kier molecular flexibility index (Phi) is 3.05. The highest BCUT2D eigenvalue weighted by Gasteiger charge is 2.37. The van der Waals surface area contributed by atoms with Gasteiger partial charge in [0, 0.05) is 13.1 Å². The second-order valence-corrected chi connectivity index (χ2v) is 4.24. The summed E-state index contributed by atoms with van der Waals surface area (Å²) in [5.41, 5.74) is 0. The van der Waals surface area contributed by atoms with E-state index in [1.807, 2.05) is 25.7 Å². The van der Waals surface area contributed by atoms with Crippen LogP contribution in [0.2, 0.25) is 0 Å². The van der Waals surface area contributed by atoms with Gasteiger partial charge in [0.15, 0.2) is 5.11 Å². The Balaban J connectivity index is 1.64. The van der Waals surface area contributed by atoms with Crippen molar-refractivity contribution in [1.29, 1.82) is 0 Å². The lowest BCUT2D eigenvalue weighted by molar-refractivity contribution is 0.513. The summed E-state index contributed by atoms with van der Waals surface area (Å²) in [6, 6.07) is 2.39. The van der Waals surface area contributed by atoms with Crippen LogP contribution in [0.5, 0.6) is 0 Å². The van der Waals surface area contributed by atoms with Crippen LogP contribution in [0.4, 0.5) is 0 Å². The fourth-order valence-corrected chi connectivity index (χ4v) is 2.50. The van der Waals surface area contributed by atoms with Crippen LogP contribution in [0, 0.1) is 63.5 Å². The Bertz CT molecular complexity index is 241. The van der Waals surface area contributed by atoms with E-state index in [0.717, 1.165) is 18.2 Å². The zero-order valence-corrected chi connectivity index (χ0v) is 9.65. The molecule has 2 aliphatic carbocycles. The lowest BCUT2D eigenvalue weighted by atomic mass is 10.2. The molecule has 2 nitrogen and oxygen atoms in total. The molecule has 2 saturated carbocycles. The maximum Gasteiger partial charge on any atom is 0.172 e. The first-order valence-corrected chi connectivity index (χ1v) is 5.79. The molecule has 3 heteroatoms. The summed E-state index contributed by atoms with van der Waals surface area (Å²) in [6.45, 7) is 1.93. The standard InChI is InChI=1S/C13H12N2S/c16-13-14(11-5-1-2-6-11)9-10-15(13)12-7-3-4-8-12/h1-8H,9-10H2. The largest absolute Gasteiger partial charge is 0.339 e. The second-order valence-electron chi connectivity index (χ2n) is 3.87. The van der Waals surface area contributed by atoms with E-state index in [1.165, 1.54) is 12.1 Å². The summed E-state index contributed by atoms with van der Waals surface area (Å²) in [4.78, 5) is 4.37. The molecule has 3 rings (SSSR count). The summed E-state index contributed by atoms with van der Waals surface area (Å²) in [6.07, 6.45) is 16.6. The fourth-order valence-electron chi connectivity index (χ4n) is 2.10. The predicted molar refractivity (Wildman–Crippen MR) is 66.9 cm³/mol. The minimum absolute atomic E-state index is 0.900. The molecule has 10 radical (unpaired) electrons. The van der Waals surface area contributed by atoms with Crippen molar-refractivity contribution in [1.82, 2.24) is 9.80 Å². The van der Waals surface area contributed by atoms with Crippen molar-refractivity contribution in [3.63, 3.8) is 0 Å². The molecule has 80 valence electrons. The highest BCUT2D eigenvalue weighted by Crippen LogP contribution is 2.35.